The number of rotatable bonds is 7. The Hall–Kier alpha value is -1.28. The molecule has 0 bridgehead atoms. The third-order valence-electron chi connectivity index (χ3n) is 2.01. The van der Waals surface area contributed by atoms with Crippen molar-refractivity contribution in [1.29, 1.82) is 0 Å². The summed E-state index contributed by atoms with van der Waals surface area (Å²) in [6.07, 6.45) is 5.19. The molecule has 0 heterocycles. The van der Waals surface area contributed by atoms with Crippen LogP contribution in [0, 0.1) is 0 Å². The first-order valence-corrected chi connectivity index (χ1v) is 5.43. The average Bonchev–Trinajstić information content (AvgIpc) is 2.29. The van der Waals surface area contributed by atoms with E-state index in [2.05, 4.69) is 11.4 Å². The highest BCUT2D eigenvalue weighted by atomic mass is 16.5. The van der Waals surface area contributed by atoms with E-state index in [-0.39, 0.29) is 0 Å². The molecule has 1 N–H and O–H groups in total. The summed E-state index contributed by atoms with van der Waals surface area (Å²) in [5.74, 6) is 0.950. The first-order chi connectivity index (χ1) is 7.43. The molecule has 1 aromatic rings. The Labute approximate surface area is 92.0 Å². The zero-order valence-corrected chi connectivity index (χ0v) is 9.28. The summed E-state index contributed by atoms with van der Waals surface area (Å²) in [4.78, 5) is 0. The molecule has 0 saturated heterocycles. The van der Waals surface area contributed by atoms with E-state index in [0.29, 0.717) is 0 Å². The monoisotopic (exact) mass is 205 g/mol. The maximum Gasteiger partial charge on any atom is 0.119 e. The second-order valence-corrected chi connectivity index (χ2v) is 3.29. The number of para-hydroxylation sites is 1. The molecule has 1 aromatic carbocycles. The Morgan fingerprint density at radius 2 is 2.07 bits per heavy atom. The van der Waals surface area contributed by atoms with Gasteiger partial charge in [-0.2, -0.15) is 0 Å². The molecule has 0 spiro atoms. The van der Waals surface area contributed by atoms with Crippen LogP contribution in [0.2, 0.25) is 0 Å². The van der Waals surface area contributed by atoms with Crippen LogP contribution in [-0.2, 0) is 0 Å². The summed E-state index contributed by atoms with van der Waals surface area (Å²) in [5.41, 5.74) is 0. The molecule has 1 rings (SSSR count). The normalized spacial score (nSPS) is 10.7. The van der Waals surface area contributed by atoms with Gasteiger partial charge >= 0.3 is 0 Å². The average molecular weight is 205 g/mol. The molecule has 0 atom stereocenters. The summed E-state index contributed by atoms with van der Waals surface area (Å²) in [6, 6.07) is 9.92. The van der Waals surface area contributed by atoms with E-state index in [1.54, 1.807) is 0 Å². The molecule has 0 aliphatic rings. The van der Waals surface area contributed by atoms with Crippen molar-refractivity contribution in [3.05, 3.63) is 42.5 Å². The minimum absolute atomic E-state index is 0.771. The van der Waals surface area contributed by atoms with Crippen LogP contribution in [0.4, 0.5) is 0 Å². The highest BCUT2D eigenvalue weighted by Gasteiger charge is 1.90. The number of allylic oxidation sites excluding steroid dienone is 1. The molecule has 0 radical (unpaired) electrons. The van der Waals surface area contributed by atoms with Gasteiger partial charge in [-0.1, -0.05) is 30.4 Å². The molecule has 0 aromatic heterocycles. The molecule has 2 nitrogen and oxygen atoms in total. The molecule has 0 unspecified atom stereocenters. The van der Waals surface area contributed by atoms with Crippen LogP contribution in [0.1, 0.15) is 13.3 Å². The van der Waals surface area contributed by atoms with Crippen molar-refractivity contribution in [3.63, 3.8) is 0 Å². The van der Waals surface area contributed by atoms with Gasteiger partial charge in [-0.05, 0) is 32.0 Å². The Kier molecular flexibility index (Phi) is 6.34. The molecular formula is C13H19NO. The fourth-order valence-corrected chi connectivity index (χ4v) is 1.21. The van der Waals surface area contributed by atoms with Crippen molar-refractivity contribution in [2.75, 3.05) is 19.7 Å². The van der Waals surface area contributed by atoms with Crippen LogP contribution in [0.15, 0.2) is 42.5 Å². The molecule has 0 aliphatic heterocycles. The largest absolute Gasteiger partial charge is 0.494 e. The first kappa shape index (κ1) is 11.8. The second kappa shape index (κ2) is 8.06. The Morgan fingerprint density at radius 1 is 1.27 bits per heavy atom. The molecular weight excluding hydrogens is 186 g/mol. The maximum absolute atomic E-state index is 5.55. The second-order valence-electron chi connectivity index (χ2n) is 3.29. The van der Waals surface area contributed by atoms with E-state index >= 15 is 0 Å². The van der Waals surface area contributed by atoms with Gasteiger partial charge in [0, 0.05) is 6.54 Å². The highest BCUT2D eigenvalue weighted by molar-refractivity contribution is 5.20. The summed E-state index contributed by atoms with van der Waals surface area (Å²) < 4.78 is 5.55. The summed E-state index contributed by atoms with van der Waals surface area (Å²) >= 11 is 0. The minimum Gasteiger partial charge on any atom is -0.494 e. The van der Waals surface area contributed by atoms with E-state index in [4.69, 9.17) is 4.74 Å². The number of benzene rings is 1. The smallest absolute Gasteiger partial charge is 0.119 e. The van der Waals surface area contributed by atoms with Gasteiger partial charge in [0.2, 0.25) is 0 Å². The van der Waals surface area contributed by atoms with Crippen molar-refractivity contribution < 1.29 is 4.74 Å². The standard InChI is InChI=1S/C13H19NO/c1-2-3-10-14-11-7-12-15-13-8-5-4-6-9-13/h2-6,8-9,14H,7,10-12H2,1H3/b3-2+. The number of hydrogen-bond acceptors (Lipinski definition) is 2. The van der Waals surface area contributed by atoms with E-state index in [0.717, 1.165) is 31.9 Å². The molecule has 0 fully saturated rings. The lowest BCUT2D eigenvalue weighted by Gasteiger charge is -2.05. The lowest BCUT2D eigenvalue weighted by Crippen LogP contribution is -2.17. The predicted molar refractivity (Wildman–Crippen MR) is 64.2 cm³/mol. The van der Waals surface area contributed by atoms with Gasteiger partial charge < -0.3 is 10.1 Å². The van der Waals surface area contributed by atoms with Crippen LogP contribution in [0.25, 0.3) is 0 Å². The molecule has 0 aliphatic carbocycles. The molecule has 0 amide bonds. The third kappa shape index (κ3) is 5.92. The van der Waals surface area contributed by atoms with Gasteiger partial charge in [-0.15, -0.1) is 0 Å². The van der Waals surface area contributed by atoms with Crippen LogP contribution in [0.5, 0.6) is 5.75 Å². The van der Waals surface area contributed by atoms with Gasteiger partial charge in [0.15, 0.2) is 0 Å². The minimum atomic E-state index is 0.771. The lowest BCUT2D eigenvalue weighted by molar-refractivity contribution is 0.309. The zero-order valence-electron chi connectivity index (χ0n) is 9.28. The van der Waals surface area contributed by atoms with Gasteiger partial charge in [0.1, 0.15) is 5.75 Å². The number of nitrogens with one attached hydrogen (secondary N) is 1. The topological polar surface area (TPSA) is 21.3 Å². The SMILES string of the molecule is C/C=C/CNCCCOc1ccccc1. The predicted octanol–water partition coefficient (Wildman–Crippen LogP) is 2.62. The Balaban J connectivity index is 1.98. The van der Waals surface area contributed by atoms with E-state index < -0.39 is 0 Å². The zero-order chi connectivity index (χ0) is 10.8. The fourth-order valence-electron chi connectivity index (χ4n) is 1.21. The molecule has 0 saturated carbocycles. The van der Waals surface area contributed by atoms with Gasteiger partial charge in [0.05, 0.1) is 6.61 Å². The third-order valence-corrected chi connectivity index (χ3v) is 2.01. The molecule has 82 valence electrons. The lowest BCUT2D eigenvalue weighted by atomic mass is 10.3. The highest BCUT2D eigenvalue weighted by Crippen LogP contribution is 2.07. The van der Waals surface area contributed by atoms with E-state index in [1.807, 2.05) is 43.3 Å². The van der Waals surface area contributed by atoms with Crippen molar-refractivity contribution in [1.82, 2.24) is 5.32 Å². The number of hydrogen-bond donors (Lipinski definition) is 1. The van der Waals surface area contributed by atoms with Gasteiger partial charge in [0.25, 0.3) is 0 Å². The first-order valence-electron chi connectivity index (χ1n) is 5.43. The fraction of sp³-hybridized carbons (Fsp3) is 0.385. The van der Waals surface area contributed by atoms with Gasteiger partial charge in [-0.25, -0.2) is 0 Å². The number of ether oxygens (including phenoxy) is 1. The summed E-state index contributed by atoms with van der Waals surface area (Å²) in [5, 5.41) is 3.31. The van der Waals surface area contributed by atoms with E-state index in [9.17, 15) is 0 Å². The van der Waals surface area contributed by atoms with Crippen LogP contribution >= 0.6 is 0 Å². The quantitative estimate of drug-likeness (QED) is 0.546. The van der Waals surface area contributed by atoms with Crippen LogP contribution in [0.3, 0.4) is 0 Å². The van der Waals surface area contributed by atoms with Crippen molar-refractivity contribution in [3.8, 4) is 5.75 Å². The maximum atomic E-state index is 5.55. The van der Waals surface area contributed by atoms with Crippen molar-refractivity contribution in [2.24, 2.45) is 0 Å². The van der Waals surface area contributed by atoms with Crippen LogP contribution < -0.4 is 10.1 Å². The molecule has 2 heteroatoms. The summed E-state index contributed by atoms with van der Waals surface area (Å²) in [7, 11) is 0. The van der Waals surface area contributed by atoms with Crippen molar-refractivity contribution in [2.45, 2.75) is 13.3 Å². The summed E-state index contributed by atoms with van der Waals surface area (Å²) in [6.45, 7) is 4.74. The molecule has 15 heavy (non-hydrogen) atoms. The van der Waals surface area contributed by atoms with Crippen LogP contribution in [-0.4, -0.2) is 19.7 Å². The Bertz CT molecular complexity index is 269. The Morgan fingerprint density at radius 3 is 2.80 bits per heavy atom. The van der Waals surface area contributed by atoms with Gasteiger partial charge in [-0.3, -0.25) is 0 Å². The van der Waals surface area contributed by atoms with Crippen molar-refractivity contribution >= 4 is 0 Å². The van der Waals surface area contributed by atoms with E-state index in [1.165, 1.54) is 0 Å².